The van der Waals surface area contributed by atoms with Crippen LogP contribution in [-0.4, -0.2) is 37.6 Å². The van der Waals surface area contributed by atoms with Crippen LogP contribution < -0.4 is 0 Å². The van der Waals surface area contributed by atoms with Gasteiger partial charge in [0.25, 0.3) is 0 Å². The molecule has 14 heavy (non-hydrogen) atoms. The van der Waals surface area contributed by atoms with Crippen molar-refractivity contribution < 1.29 is 9.53 Å². The van der Waals surface area contributed by atoms with Crippen LogP contribution in [0.5, 0.6) is 0 Å². The Morgan fingerprint density at radius 1 is 1.50 bits per heavy atom. The van der Waals surface area contributed by atoms with Gasteiger partial charge in [-0.05, 0) is 20.0 Å². The van der Waals surface area contributed by atoms with Gasteiger partial charge in [-0.25, -0.2) is 0 Å². The molecule has 0 radical (unpaired) electrons. The fraction of sp³-hybridized carbons (Fsp3) is 0.727. The van der Waals surface area contributed by atoms with E-state index in [0.717, 1.165) is 13.0 Å². The number of likely N-dealkylation sites (N-methyl/N-ethyl adjacent to an activating group) is 1. The van der Waals surface area contributed by atoms with Gasteiger partial charge in [0.15, 0.2) is 0 Å². The Balaban J connectivity index is 3.44. The Bertz CT molecular complexity index is 169. The van der Waals surface area contributed by atoms with Crippen molar-refractivity contribution in [2.75, 3.05) is 26.7 Å². The van der Waals surface area contributed by atoms with Crippen LogP contribution in [0.3, 0.4) is 0 Å². The van der Waals surface area contributed by atoms with E-state index < -0.39 is 0 Å². The van der Waals surface area contributed by atoms with Gasteiger partial charge in [-0.15, -0.1) is 0 Å². The quantitative estimate of drug-likeness (QED) is 0.339. The molecule has 0 aliphatic rings. The van der Waals surface area contributed by atoms with E-state index >= 15 is 0 Å². The molecule has 0 atom stereocenters. The molecule has 0 saturated carbocycles. The van der Waals surface area contributed by atoms with Crippen LogP contribution in [0.4, 0.5) is 0 Å². The van der Waals surface area contributed by atoms with Crippen molar-refractivity contribution in [3.05, 3.63) is 12.7 Å². The number of carbonyl (C=O) groups is 1. The first-order valence-corrected chi connectivity index (χ1v) is 5.15. The molecule has 3 nitrogen and oxygen atoms in total. The van der Waals surface area contributed by atoms with Crippen molar-refractivity contribution in [3.8, 4) is 0 Å². The van der Waals surface area contributed by atoms with Crippen LogP contribution >= 0.6 is 0 Å². The monoisotopic (exact) mass is 199 g/mol. The number of carbonyl (C=O) groups excluding carboxylic acids is 1. The van der Waals surface area contributed by atoms with Gasteiger partial charge in [-0.3, -0.25) is 9.69 Å². The predicted molar refractivity (Wildman–Crippen MR) is 58.2 cm³/mol. The summed E-state index contributed by atoms with van der Waals surface area (Å²) >= 11 is 0. The number of ether oxygens (including phenoxy) is 1. The van der Waals surface area contributed by atoms with Gasteiger partial charge >= 0.3 is 5.97 Å². The zero-order chi connectivity index (χ0) is 10.8. The Morgan fingerprint density at radius 3 is 2.79 bits per heavy atom. The minimum Gasteiger partial charge on any atom is -0.461 e. The highest BCUT2D eigenvalue weighted by Crippen LogP contribution is 1.96. The molecule has 0 aromatic heterocycles. The molecule has 0 bridgehead atoms. The van der Waals surface area contributed by atoms with Gasteiger partial charge in [-0.2, -0.15) is 0 Å². The Labute approximate surface area is 86.7 Å². The minimum absolute atomic E-state index is 0.177. The smallest absolute Gasteiger partial charge is 0.320 e. The molecule has 3 heteroatoms. The molecule has 0 heterocycles. The topological polar surface area (TPSA) is 29.5 Å². The second-order valence-electron chi connectivity index (χ2n) is 3.42. The SMILES string of the molecule is C=CCOC(=O)CN(C)CCCCC. The van der Waals surface area contributed by atoms with Crippen molar-refractivity contribution in [2.24, 2.45) is 0 Å². The van der Waals surface area contributed by atoms with Crippen LogP contribution in [0, 0.1) is 0 Å². The van der Waals surface area contributed by atoms with Gasteiger partial charge in [0.2, 0.25) is 0 Å². The zero-order valence-electron chi connectivity index (χ0n) is 9.29. The van der Waals surface area contributed by atoms with Crippen LogP contribution in [0.1, 0.15) is 26.2 Å². The lowest BCUT2D eigenvalue weighted by molar-refractivity contribution is -0.143. The highest BCUT2D eigenvalue weighted by Gasteiger charge is 2.05. The van der Waals surface area contributed by atoms with Gasteiger partial charge in [0, 0.05) is 0 Å². The fourth-order valence-corrected chi connectivity index (χ4v) is 1.13. The third kappa shape index (κ3) is 7.80. The fourth-order valence-electron chi connectivity index (χ4n) is 1.13. The van der Waals surface area contributed by atoms with Crippen LogP contribution in [0.25, 0.3) is 0 Å². The average molecular weight is 199 g/mol. The standard InChI is InChI=1S/C11H21NO2/c1-4-6-7-8-12(3)10-11(13)14-9-5-2/h5H,2,4,6-10H2,1,3H3. The molecule has 0 aromatic rings. The molecule has 0 saturated heterocycles. The van der Waals surface area contributed by atoms with E-state index in [1.54, 1.807) is 6.08 Å². The first-order valence-electron chi connectivity index (χ1n) is 5.15. The van der Waals surface area contributed by atoms with Crippen LogP contribution in [0.2, 0.25) is 0 Å². The molecule has 82 valence electrons. The number of hydrogen-bond donors (Lipinski definition) is 0. The summed E-state index contributed by atoms with van der Waals surface area (Å²) in [5.74, 6) is -0.177. The van der Waals surface area contributed by atoms with Crippen molar-refractivity contribution in [1.29, 1.82) is 0 Å². The summed E-state index contributed by atoms with van der Waals surface area (Å²) in [7, 11) is 1.94. The molecule has 0 rings (SSSR count). The highest BCUT2D eigenvalue weighted by molar-refractivity contribution is 5.71. The Morgan fingerprint density at radius 2 is 2.21 bits per heavy atom. The summed E-state index contributed by atoms with van der Waals surface area (Å²) in [6.45, 7) is 7.28. The highest BCUT2D eigenvalue weighted by atomic mass is 16.5. The Kier molecular flexibility index (Phi) is 8.24. The lowest BCUT2D eigenvalue weighted by atomic mass is 10.2. The molecule has 0 aliphatic heterocycles. The molecular weight excluding hydrogens is 178 g/mol. The number of hydrogen-bond acceptors (Lipinski definition) is 3. The molecule has 0 amide bonds. The summed E-state index contributed by atoms with van der Waals surface area (Å²) in [5, 5.41) is 0. The molecular formula is C11H21NO2. The first kappa shape index (κ1) is 13.2. The third-order valence-corrected chi connectivity index (χ3v) is 1.90. The van der Waals surface area contributed by atoms with E-state index in [4.69, 9.17) is 4.74 Å². The molecule has 0 N–H and O–H groups in total. The van der Waals surface area contributed by atoms with Gasteiger partial charge in [0.1, 0.15) is 6.61 Å². The summed E-state index contributed by atoms with van der Waals surface area (Å²) in [6.07, 6.45) is 5.14. The predicted octanol–water partition coefficient (Wildman–Crippen LogP) is 1.84. The van der Waals surface area contributed by atoms with E-state index in [1.165, 1.54) is 12.8 Å². The number of esters is 1. The number of nitrogens with zero attached hydrogens (tertiary/aromatic N) is 1. The van der Waals surface area contributed by atoms with Gasteiger partial charge < -0.3 is 4.74 Å². The largest absolute Gasteiger partial charge is 0.461 e. The maximum absolute atomic E-state index is 11.1. The maximum atomic E-state index is 11.1. The second-order valence-corrected chi connectivity index (χ2v) is 3.42. The van der Waals surface area contributed by atoms with Crippen molar-refractivity contribution in [1.82, 2.24) is 4.90 Å². The summed E-state index contributed by atoms with van der Waals surface area (Å²) in [5.41, 5.74) is 0. The number of unbranched alkanes of at least 4 members (excludes halogenated alkanes) is 2. The van der Waals surface area contributed by atoms with Crippen LogP contribution in [0.15, 0.2) is 12.7 Å². The molecule has 0 spiro atoms. The van der Waals surface area contributed by atoms with Crippen molar-refractivity contribution >= 4 is 5.97 Å². The van der Waals surface area contributed by atoms with Crippen LogP contribution in [-0.2, 0) is 9.53 Å². The van der Waals surface area contributed by atoms with E-state index in [0.29, 0.717) is 13.2 Å². The summed E-state index contributed by atoms with van der Waals surface area (Å²) < 4.78 is 4.87. The molecule has 0 aromatic carbocycles. The average Bonchev–Trinajstić information content (AvgIpc) is 2.15. The summed E-state index contributed by atoms with van der Waals surface area (Å²) in [4.78, 5) is 13.1. The zero-order valence-corrected chi connectivity index (χ0v) is 9.29. The minimum atomic E-state index is -0.177. The lowest BCUT2D eigenvalue weighted by Crippen LogP contribution is -2.28. The normalized spacial score (nSPS) is 10.2. The summed E-state index contributed by atoms with van der Waals surface area (Å²) in [6, 6.07) is 0. The molecule has 0 unspecified atom stereocenters. The van der Waals surface area contributed by atoms with Gasteiger partial charge in [0.05, 0.1) is 6.54 Å². The molecule has 0 aliphatic carbocycles. The maximum Gasteiger partial charge on any atom is 0.320 e. The number of rotatable bonds is 8. The van der Waals surface area contributed by atoms with Gasteiger partial charge in [-0.1, -0.05) is 32.4 Å². The Hall–Kier alpha value is -0.830. The van der Waals surface area contributed by atoms with E-state index in [-0.39, 0.29) is 5.97 Å². The molecule has 0 fully saturated rings. The second kappa shape index (κ2) is 8.75. The van der Waals surface area contributed by atoms with Crippen molar-refractivity contribution in [3.63, 3.8) is 0 Å². The van der Waals surface area contributed by atoms with Crippen molar-refractivity contribution in [2.45, 2.75) is 26.2 Å². The van der Waals surface area contributed by atoms with E-state index in [2.05, 4.69) is 13.5 Å². The van der Waals surface area contributed by atoms with E-state index in [1.807, 2.05) is 11.9 Å². The third-order valence-electron chi connectivity index (χ3n) is 1.90. The lowest BCUT2D eigenvalue weighted by Gasteiger charge is -2.14. The van der Waals surface area contributed by atoms with E-state index in [9.17, 15) is 4.79 Å². The first-order chi connectivity index (χ1) is 6.70.